The van der Waals surface area contributed by atoms with E-state index < -0.39 is 0 Å². The number of carbonyl (C=O) groups is 1. The van der Waals surface area contributed by atoms with Gasteiger partial charge in [-0.05, 0) is 25.8 Å². The second-order valence-electron chi connectivity index (χ2n) is 6.53. The average molecular weight is 334 g/mol. The number of aryl methyl sites for hydroxylation is 1. The maximum Gasteiger partial charge on any atom is 0.232 e. The van der Waals surface area contributed by atoms with Gasteiger partial charge in [-0.15, -0.1) is 11.8 Å². The fraction of sp³-hybridized carbons (Fsp3) is 0.667. The molecule has 2 heterocycles. The summed E-state index contributed by atoms with van der Waals surface area (Å²) < 4.78 is 5.95. The Hall–Kier alpha value is -1.23. The van der Waals surface area contributed by atoms with Crippen molar-refractivity contribution >= 4 is 17.7 Å². The third kappa shape index (κ3) is 4.87. The molecule has 5 heteroatoms. The molecule has 1 amide bonds. The minimum absolute atomic E-state index is 0.177. The molecule has 1 aromatic rings. The molecule has 0 unspecified atom stereocenters. The number of ether oxygens (including phenoxy) is 1. The SMILES string of the molecule is Cc1cccc(OC2CCN(C(=O)CSC3CCCC3)CC2)n1. The summed E-state index contributed by atoms with van der Waals surface area (Å²) in [5, 5.41) is 0.715. The first kappa shape index (κ1) is 16.6. The first-order valence-electron chi connectivity index (χ1n) is 8.70. The Morgan fingerprint density at radius 3 is 2.70 bits per heavy atom. The Morgan fingerprint density at radius 2 is 2.00 bits per heavy atom. The molecule has 0 bridgehead atoms. The van der Waals surface area contributed by atoms with Gasteiger partial charge in [0.1, 0.15) is 6.10 Å². The number of carbonyl (C=O) groups excluding carboxylic acids is 1. The van der Waals surface area contributed by atoms with E-state index >= 15 is 0 Å². The van der Waals surface area contributed by atoms with Crippen LogP contribution in [-0.4, -0.2) is 46.0 Å². The lowest BCUT2D eigenvalue weighted by Crippen LogP contribution is -2.42. The Kier molecular flexibility index (Phi) is 5.81. The van der Waals surface area contributed by atoms with E-state index in [0.717, 1.165) is 31.6 Å². The van der Waals surface area contributed by atoms with Gasteiger partial charge in [0, 0.05) is 42.9 Å². The molecule has 0 spiro atoms. The quantitative estimate of drug-likeness (QED) is 0.827. The minimum Gasteiger partial charge on any atom is -0.474 e. The second-order valence-corrected chi connectivity index (χ2v) is 7.82. The van der Waals surface area contributed by atoms with Crippen LogP contribution in [0.15, 0.2) is 18.2 Å². The molecule has 0 aromatic carbocycles. The monoisotopic (exact) mass is 334 g/mol. The molecule has 1 aromatic heterocycles. The first-order chi connectivity index (χ1) is 11.2. The molecule has 2 aliphatic rings. The lowest BCUT2D eigenvalue weighted by Gasteiger charge is -2.32. The zero-order valence-corrected chi connectivity index (χ0v) is 14.7. The third-order valence-corrected chi connectivity index (χ3v) is 6.05. The van der Waals surface area contributed by atoms with E-state index in [4.69, 9.17) is 4.74 Å². The molecule has 0 atom stereocenters. The number of hydrogen-bond acceptors (Lipinski definition) is 4. The van der Waals surface area contributed by atoms with E-state index in [0.29, 0.717) is 22.8 Å². The van der Waals surface area contributed by atoms with Crippen molar-refractivity contribution < 1.29 is 9.53 Å². The number of thioether (sulfide) groups is 1. The number of piperidine rings is 1. The highest BCUT2D eigenvalue weighted by molar-refractivity contribution is 8.00. The normalized spacial score (nSPS) is 20.0. The van der Waals surface area contributed by atoms with Crippen molar-refractivity contribution in [3.8, 4) is 5.88 Å². The third-order valence-electron chi connectivity index (χ3n) is 4.69. The highest BCUT2D eigenvalue weighted by atomic mass is 32.2. The van der Waals surface area contributed by atoms with Gasteiger partial charge in [-0.1, -0.05) is 18.9 Å². The van der Waals surface area contributed by atoms with E-state index in [1.807, 2.05) is 41.8 Å². The molecule has 126 valence electrons. The number of likely N-dealkylation sites (tertiary alicyclic amines) is 1. The minimum atomic E-state index is 0.177. The Bertz CT molecular complexity index is 524. The van der Waals surface area contributed by atoms with Crippen molar-refractivity contribution in [1.82, 2.24) is 9.88 Å². The Balaban J connectivity index is 1.40. The number of nitrogens with zero attached hydrogens (tertiary/aromatic N) is 2. The summed E-state index contributed by atoms with van der Waals surface area (Å²) in [6.07, 6.45) is 7.22. The number of rotatable bonds is 5. The largest absolute Gasteiger partial charge is 0.474 e. The van der Waals surface area contributed by atoms with E-state index in [1.165, 1.54) is 25.7 Å². The van der Waals surface area contributed by atoms with Crippen LogP contribution < -0.4 is 4.74 Å². The summed E-state index contributed by atoms with van der Waals surface area (Å²) in [5.74, 6) is 1.65. The van der Waals surface area contributed by atoms with Crippen molar-refractivity contribution in [2.75, 3.05) is 18.8 Å². The maximum atomic E-state index is 12.3. The van der Waals surface area contributed by atoms with Crippen molar-refractivity contribution in [3.05, 3.63) is 23.9 Å². The molecule has 1 saturated carbocycles. The van der Waals surface area contributed by atoms with Gasteiger partial charge in [0.15, 0.2) is 0 Å². The fourth-order valence-electron chi connectivity index (χ4n) is 3.31. The van der Waals surface area contributed by atoms with E-state index in [9.17, 15) is 4.79 Å². The number of pyridine rings is 1. The summed E-state index contributed by atoms with van der Waals surface area (Å²) in [6, 6.07) is 5.84. The van der Waals surface area contributed by atoms with Crippen LogP contribution in [0.25, 0.3) is 0 Å². The standard InChI is InChI=1S/C18H26N2O2S/c1-14-5-4-8-17(19-14)22-15-9-11-20(12-10-15)18(21)13-23-16-6-2-3-7-16/h4-5,8,15-16H,2-3,6-7,9-13H2,1H3. The summed E-state index contributed by atoms with van der Waals surface area (Å²) in [7, 11) is 0. The highest BCUT2D eigenvalue weighted by Gasteiger charge is 2.25. The molecule has 4 nitrogen and oxygen atoms in total. The van der Waals surface area contributed by atoms with Crippen molar-refractivity contribution in [1.29, 1.82) is 0 Å². The maximum absolute atomic E-state index is 12.3. The van der Waals surface area contributed by atoms with E-state index in [2.05, 4.69) is 4.98 Å². The molecule has 23 heavy (non-hydrogen) atoms. The number of aromatic nitrogens is 1. The lowest BCUT2D eigenvalue weighted by atomic mass is 10.1. The molecule has 0 radical (unpaired) electrons. The van der Waals surface area contributed by atoms with Gasteiger partial charge in [0.05, 0.1) is 5.75 Å². The van der Waals surface area contributed by atoms with Crippen LogP contribution in [0.3, 0.4) is 0 Å². The van der Waals surface area contributed by atoms with Gasteiger partial charge in [0.25, 0.3) is 0 Å². The van der Waals surface area contributed by atoms with Gasteiger partial charge in [-0.3, -0.25) is 4.79 Å². The van der Waals surface area contributed by atoms with Crippen LogP contribution >= 0.6 is 11.8 Å². The van der Waals surface area contributed by atoms with Crippen LogP contribution in [0.2, 0.25) is 0 Å². The van der Waals surface area contributed by atoms with Crippen molar-refractivity contribution in [2.45, 2.75) is 56.8 Å². The summed E-state index contributed by atoms with van der Waals surface area (Å²) >= 11 is 1.86. The molecule has 0 N–H and O–H groups in total. The summed E-state index contributed by atoms with van der Waals surface area (Å²) in [4.78, 5) is 18.7. The van der Waals surface area contributed by atoms with Crippen LogP contribution in [0.4, 0.5) is 0 Å². The first-order valence-corrected chi connectivity index (χ1v) is 9.75. The van der Waals surface area contributed by atoms with Crippen LogP contribution in [0, 0.1) is 6.92 Å². The number of hydrogen-bond donors (Lipinski definition) is 0. The van der Waals surface area contributed by atoms with Gasteiger partial charge < -0.3 is 9.64 Å². The Morgan fingerprint density at radius 1 is 1.26 bits per heavy atom. The van der Waals surface area contributed by atoms with Crippen molar-refractivity contribution in [2.24, 2.45) is 0 Å². The summed E-state index contributed by atoms with van der Waals surface area (Å²) in [5.41, 5.74) is 0.971. The van der Waals surface area contributed by atoms with Gasteiger partial charge in [-0.2, -0.15) is 0 Å². The number of amides is 1. The van der Waals surface area contributed by atoms with Crippen LogP contribution in [0.5, 0.6) is 5.88 Å². The van der Waals surface area contributed by atoms with Gasteiger partial charge >= 0.3 is 0 Å². The molecule has 1 aliphatic heterocycles. The Labute approximate surface area is 143 Å². The molecule has 2 fully saturated rings. The molecule has 1 aliphatic carbocycles. The van der Waals surface area contributed by atoms with E-state index in [1.54, 1.807) is 0 Å². The van der Waals surface area contributed by atoms with Gasteiger partial charge in [-0.25, -0.2) is 4.98 Å². The van der Waals surface area contributed by atoms with Crippen LogP contribution in [0.1, 0.15) is 44.2 Å². The molecular formula is C18H26N2O2S. The topological polar surface area (TPSA) is 42.4 Å². The molecule has 1 saturated heterocycles. The predicted octanol–water partition coefficient (Wildman–Crippen LogP) is 3.44. The lowest BCUT2D eigenvalue weighted by molar-refractivity contribution is -0.130. The summed E-state index contributed by atoms with van der Waals surface area (Å²) in [6.45, 7) is 3.58. The highest BCUT2D eigenvalue weighted by Crippen LogP contribution is 2.29. The average Bonchev–Trinajstić information content (AvgIpc) is 3.07. The fourth-order valence-corrected chi connectivity index (χ4v) is 4.54. The van der Waals surface area contributed by atoms with Crippen LogP contribution in [-0.2, 0) is 4.79 Å². The second kappa shape index (κ2) is 8.04. The predicted molar refractivity (Wildman–Crippen MR) is 93.9 cm³/mol. The zero-order chi connectivity index (χ0) is 16.1. The van der Waals surface area contributed by atoms with E-state index in [-0.39, 0.29) is 6.10 Å². The zero-order valence-electron chi connectivity index (χ0n) is 13.9. The molecule has 3 rings (SSSR count). The molecular weight excluding hydrogens is 308 g/mol. The van der Waals surface area contributed by atoms with Crippen molar-refractivity contribution in [3.63, 3.8) is 0 Å². The van der Waals surface area contributed by atoms with Gasteiger partial charge in [0.2, 0.25) is 11.8 Å². The smallest absolute Gasteiger partial charge is 0.232 e.